The summed E-state index contributed by atoms with van der Waals surface area (Å²) in [7, 11) is 2.92. The van der Waals surface area contributed by atoms with Crippen molar-refractivity contribution in [1.29, 1.82) is 0 Å². The summed E-state index contributed by atoms with van der Waals surface area (Å²) < 4.78 is 10.0. The van der Waals surface area contributed by atoms with E-state index in [9.17, 15) is 5.11 Å². The minimum Gasteiger partial charge on any atom is -0.502 e. The Balaban J connectivity index is 3.03. The zero-order valence-corrected chi connectivity index (χ0v) is 11.2. The SMILES string of the molecule is COc1cc(/C=N\N=C(/N)SC)cc(OC)c1O. The molecule has 0 aromatic heterocycles. The molecule has 0 heterocycles. The zero-order valence-electron chi connectivity index (χ0n) is 10.4. The molecule has 3 N–H and O–H groups in total. The van der Waals surface area contributed by atoms with Crippen molar-refractivity contribution in [2.45, 2.75) is 0 Å². The van der Waals surface area contributed by atoms with Gasteiger partial charge in [-0.15, -0.1) is 5.10 Å². The summed E-state index contributed by atoms with van der Waals surface area (Å²) >= 11 is 1.30. The molecule has 0 amide bonds. The second kappa shape index (κ2) is 6.75. The standard InChI is InChI=1S/C11H15N3O3S/c1-16-8-4-7(5-9(17-2)10(8)15)6-13-14-11(12)18-3/h4-6,15H,1-3H3,(H2,12,14)/b13-6-. The molecule has 0 aliphatic carbocycles. The van der Waals surface area contributed by atoms with Crippen LogP contribution in [0.25, 0.3) is 0 Å². The first-order chi connectivity index (χ1) is 8.62. The van der Waals surface area contributed by atoms with E-state index in [1.54, 1.807) is 18.4 Å². The number of phenols is 1. The zero-order chi connectivity index (χ0) is 13.5. The van der Waals surface area contributed by atoms with Gasteiger partial charge < -0.3 is 20.3 Å². The predicted molar refractivity (Wildman–Crippen MR) is 73.9 cm³/mol. The fraction of sp³-hybridized carbons (Fsp3) is 0.273. The fourth-order valence-electron chi connectivity index (χ4n) is 1.18. The van der Waals surface area contributed by atoms with Crippen LogP contribution in [-0.2, 0) is 0 Å². The third kappa shape index (κ3) is 3.56. The Kier molecular flexibility index (Phi) is 5.31. The van der Waals surface area contributed by atoms with Gasteiger partial charge in [0.05, 0.1) is 20.4 Å². The lowest BCUT2D eigenvalue weighted by Gasteiger charge is -2.08. The number of hydrogen-bond acceptors (Lipinski definition) is 6. The molecule has 98 valence electrons. The molecule has 0 aliphatic heterocycles. The van der Waals surface area contributed by atoms with Crippen molar-refractivity contribution in [3.05, 3.63) is 17.7 Å². The van der Waals surface area contributed by atoms with E-state index >= 15 is 0 Å². The minimum atomic E-state index is -0.0516. The van der Waals surface area contributed by atoms with Crippen LogP contribution in [0.1, 0.15) is 5.56 Å². The summed E-state index contributed by atoms with van der Waals surface area (Å²) in [4.78, 5) is 0. The van der Waals surface area contributed by atoms with Gasteiger partial charge in [-0.3, -0.25) is 0 Å². The lowest BCUT2D eigenvalue weighted by Crippen LogP contribution is -2.03. The van der Waals surface area contributed by atoms with Gasteiger partial charge in [0.2, 0.25) is 5.75 Å². The largest absolute Gasteiger partial charge is 0.502 e. The van der Waals surface area contributed by atoms with Gasteiger partial charge in [0, 0.05) is 5.56 Å². The average molecular weight is 269 g/mol. The average Bonchev–Trinajstić information content (AvgIpc) is 2.39. The highest BCUT2D eigenvalue weighted by molar-refractivity contribution is 8.13. The van der Waals surface area contributed by atoms with Crippen molar-refractivity contribution in [1.82, 2.24) is 0 Å². The summed E-state index contributed by atoms with van der Waals surface area (Å²) in [5.41, 5.74) is 6.16. The third-order valence-electron chi connectivity index (χ3n) is 2.07. The quantitative estimate of drug-likeness (QED) is 0.490. The molecular formula is C11H15N3O3S. The number of hydrogen-bond donors (Lipinski definition) is 2. The smallest absolute Gasteiger partial charge is 0.200 e. The van der Waals surface area contributed by atoms with Gasteiger partial charge in [-0.05, 0) is 18.4 Å². The van der Waals surface area contributed by atoms with Crippen molar-refractivity contribution in [3.63, 3.8) is 0 Å². The molecule has 0 saturated heterocycles. The summed E-state index contributed by atoms with van der Waals surface area (Å²) in [6, 6.07) is 3.23. The van der Waals surface area contributed by atoms with Crippen LogP contribution in [-0.4, -0.2) is 37.0 Å². The van der Waals surface area contributed by atoms with Gasteiger partial charge in [0.15, 0.2) is 16.7 Å². The number of rotatable bonds is 4. The van der Waals surface area contributed by atoms with Crippen molar-refractivity contribution < 1.29 is 14.6 Å². The Morgan fingerprint density at radius 1 is 1.33 bits per heavy atom. The normalized spacial score (nSPS) is 11.8. The highest BCUT2D eigenvalue weighted by Gasteiger charge is 2.09. The molecule has 0 fully saturated rings. The fourth-order valence-corrected chi connectivity index (χ4v) is 1.31. The predicted octanol–water partition coefficient (Wildman–Crippen LogP) is 1.42. The van der Waals surface area contributed by atoms with Crippen LogP contribution in [0.5, 0.6) is 17.2 Å². The first kappa shape index (κ1) is 14.2. The number of amidine groups is 1. The van der Waals surface area contributed by atoms with E-state index in [1.165, 1.54) is 32.2 Å². The second-order valence-corrected chi connectivity index (χ2v) is 3.99. The van der Waals surface area contributed by atoms with Gasteiger partial charge >= 0.3 is 0 Å². The number of ether oxygens (including phenoxy) is 2. The van der Waals surface area contributed by atoms with Crippen LogP contribution in [0.2, 0.25) is 0 Å². The summed E-state index contributed by atoms with van der Waals surface area (Å²) in [5.74, 6) is 0.555. The van der Waals surface area contributed by atoms with Crippen molar-refractivity contribution in [3.8, 4) is 17.2 Å². The van der Waals surface area contributed by atoms with E-state index in [4.69, 9.17) is 15.2 Å². The second-order valence-electron chi connectivity index (χ2n) is 3.16. The molecule has 6 nitrogen and oxygen atoms in total. The maximum absolute atomic E-state index is 9.72. The van der Waals surface area contributed by atoms with Crippen LogP contribution >= 0.6 is 11.8 Å². The third-order valence-corrected chi connectivity index (χ3v) is 2.57. The van der Waals surface area contributed by atoms with Crippen LogP contribution in [0.3, 0.4) is 0 Å². The van der Waals surface area contributed by atoms with Gasteiger partial charge in [0.1, 0.15) is 0 Å². The Labute approximate surface area is 110 Å². The van der Waals surface area contributed by atoms with Crippen LogP contribution < -0.4 is 15.2 Å². The van der Waals surface area contributed by atoms with E-state index in [1.807, 2.05) is 0 Å². The van der Waals surface area contributed by atoms with Crippen LogP contribution in [0, 0.1) is 0 Å². The maximum Gasteiger partial charge on any atom is 0.200 e. The number of phenolic OH excluding ortho intramolecular Hbond substituents is 1. The van der Waals surface area contributed by atoms with E-state index in [2.05, 4.69) is 10.2 Å². The van der Waals surface area contributed by atoms with Crippen molar-refractivity contribution >= 4 is 23.1 Å². The lowest BCUT2D eigenvalue weighted by molar-refractivity contribution is 0.340. The number of benzene rings is 1. The molecule has 1 rings (SSSR count). The molecule has 0 aliphatic rings. The van der Waals surface area contributed by atoms with Crippen LogP contribution in [0.4, 0.5) is 0 Å². The monoisotopic (exact) mass is 269 g/mol. The number of methoxy groups -OCH3 is 2. The summed E-state index contributed by atoms with van der Waals surface area (Å²) in [6.45, 7) is 0. The van der Waals surface area contributed by atoms with Crippen molar-refractivity contribution in [2.75, 3.05) is 20.5 Å². The molecule has 1 aromatic carbocycles. The van der Waals surface area contributed by atoms with Gasteiger partial charge in [-0.25, -0.2) is 0 Å². The van der Waals surface area contributed by atoms with Crippen LogP contribution in [0.15, 0.2) is 22.3 Å². The lowest BCUT2D eigenvalue weighted by atomic mass is 10.2. The Hall–Kier alpha value is -1.89. The van der Waals surface area contributed by atoms with E-state index < -0.39 is 0 Å². The number of thioether (sulfide) groups is 1. The van der Waals surface area contributed by atoms with E-state index in [0.717, 1.165) is 0 Å². The first-order valence-electron chi connectivity index (χ1n) is 4.97. The molecule has 0 spiro atoms. The minimum absolute atomic E-state index is 0.0516. The Morgan fingerprint density at radius 3 is 2.33 bits per heavy atom. The molecule has 0 bridgehead atoms. The topological polar surface area (TPSA) is 89.4 Å². The molecule has 0 radical (unpaired) electrons. The van der Waals surface area contributed by atoms with E-state index in [-0.39, 0.29) is 5.75 Å². The number of nitrogens with zero attached hydrogens (tertiary/aromatic N) is 2. The van der Waals surface area contributed by atoms with Gasteiger partial charge in [0.25, 0.3) is 0 Å². The van der Waals surface area contributed by atoms with Gasteiger partial charge in [-0.1, -0.05) is 11.8 Å². The Morgan fingerprint density at radius 2 is 1.89 bits per heavy atom. The molecule has 1 aromatic rings. The first-order valence-corrected chi connectivity index (χ1v) is 6.20. The van der Waals surface area contributed by atoms with Gasteiger partial charge in [-0.2, -0.15) is 5.10 Å². The molecule has 0 atom stereocenters. The maximum atomic E-state index is 9.72. The molecular weight excluding hydrogens is 254 g/mol. The van der Waals surface area contributed by atoms with E-state index in [0.29, 0.717) is 22.2 Å². The summed E-state index contributed by atoms with van der Waals surface area (Å²) in [5, 5.41) is 17.7. The molecule has 0 saturated carbocycles. The van der Waals surface area contributed by atoms with Crippen molar-refractivity contribution in [2.24, 2.45) is 15.9 Å². The highest BCUT2D eigenvalue weighted by atomic mass is 32.2. The number of aromatic hydroxyl groups is 1. The molecule has 0 unspecified atom stereocenters. The molecule has 18 heavy (non-hydrogen) atoms. The molecule has 7 heteroatoms. The Bertz CT molecular complexity index is 450. The summed E-state index contributed by atoms with van der Waals surface area (Å²) in [6.07, 6.45) is 3.30. The highest BCUT2D eigenvalue weighted by Crippen LogP contribution is 2.36. The number of nitrogens with two attached hydrogens (primary N) is 1.